The number of hydrogen-bond donors (Lipinski definition) is 2. The molecule has 2 heterocycles. The van der Waals surface area contributed by atoms with Crippen LogP contribution in [0, 0.1) is 0 Å². The number of amides is 1. The minimum Gasteiger partial charge on any atom is -0.369 e. The normalized spacial score (nSPS) is 10.8. The highest BCUT2D eigenvalue weighted by Crippen LogP contribution is 2.20. The van der Waals surface area contributed by atoms with Gasteiger partial charge in [-0.1, -0.05) is 42.5 Å². The van der Waals surface area contributed by atoms with Gasteiger partial charge < -0.3 is 10.6 Å². The lowest BCUT2D eigenvalue weighted by Gasteiger charge is -2.11. The molecule has 0 bridgehead atoms. The number of aryl methyl sites for hydroxylation is 2. The van der Waals surface area contributed by atoms with E-state index in [0.29, 0.717) is 11.5 Å². The van der Waals surface area contributed by atoms with Gasteiger partial charge in [0, 0.05) is 25.2 Å². The zero-order valence-electron chi connectivity index (χ0n) is 16.9. The van der Waals surface area contributed by atoms with Crippen LogP contribution in [0.4, 0.5) is 5.82 Å². The number of anilines is 1. The third-order valence-electron chi connectivity index (χ3n) is 4.89. The Balaban J connectivity index is 1.44. The number of benzene rings is 2. The summed E-state index contributed by atoms with van der Waals surface area (Å²) < 4.78 is 1.54. The highest BCUT2D eigenvalue weighted by atomic mass is 16.2. The largest absolute Gasteiger partial charge is 0.369 e. The molecule has 2 aromatic heterocycles. The molecule has 152 valence electrons. The third kappa shape index (κ3) is 4.63. The van der Waals surface area contributed by atoms with Crippen molar-refractivity contribution in [3.05, 3.63) is 83.9 Å². The van der Waals surface area contributed by atoms with Crippen molar-refractivity contribution < 1.29 is 4.79 Å². The SMILES string of the molecule is Cn1nccc1C(=O)NCc1nc(NCCCc2ccccc2)c2ccccc2n1. The Morgan fingerprint density at radius 2 is 1.80 bits per heavy atom. The van der Waals surface area contributed by atoms with E-state index >= 15 is 0 Å². The molecule has 0 saturated heterocycles. The average Bonchev–Trinajstić information content (AvgIpc) is 3.21. The van der Waals surface area contributed by atoms with Gasteiger partial charge in [0.25, 0.3) is 5.91 Å². The molecule has 2 aromatic carbocycles. The van der Waals surface area contributed by atoms with Crippen LogP contribution in [-0.2, 0) is 20.0 Å². The molecule has 7 heteroatoms. The topological polar surface area (TPSA) is 84.7 Å². The van der Waals surface area contributed by atoms with E-state index in [1.165, 1.54) is 10.2 Å². The number of nitrogens with zero attached hydrogens (tertiary/aromatic N) is 4. The summed E-state index contributed by atoms with van der Waals surface area (Å²) in [4.78, 5) is 21.6. The molecule has 0 fully saturated rings. The molecule has 0 radical (unpaired) electrons. The first-order chi connectivity index (χ1) is 14.7. The van der Waals surface area contributed by atoms with E-state index in [1.807, 2.05) is 30.3 Å². The maximum Gasteiger partial charge on any atom is 0.269 e. The van der Waals surface area contributed by atoms with Crippen LogP contribution in [0.1, 0.15) is 28.3 Å². The molecule has 0 aliphatic rings. The van der Waals surface area contributed by atoms with Crippen molar-refractivity contribution in [2.75, 3.05) is 11.9 Å². The number of rotatable bonds is 8. The van der Waals surface area contributed by atoms with Gasteiger partial charge in [0.05, 0.1) is 12.1 Å². The van der Waals surface area contributed by atoms with Gasteiger partial charge in [-0.05, 0) is 36.6 Å². The summed E-state index contributed by atoms with van der Waals surface area (Å²) in [5, 5.41) is 11.3. The Labute approximate surface area is 175 Å². The van der Waals surface area contributed by atoms with E-state index < -0.39 is 0 Å². The molecule has 0 aliphatic carbocycles. The van der Waals surface area contributed by atoms with Crippen LogP contribution in [0.3, 0.4) is 0 Å². The molecule has 1 amide bonds. The Kier molecular flexibility index (Phi) is 5.98. The zero-order chi connectivity index (χ0) is 20.8. The van der Waals surface area contributed by atoms with E-state index in [9.17, 15) is 4.79 Å². The molecule has 2 N–H and O–H groups in total. The van der Waals surface area contributed by atoms with Crippen LogP contribution in [-0.4, -0.2) is 32.2 Å². The van der Waals surface area contributed by atoms with Gasteiger partial charge in [-0.3, -0.25) is 9.48 Å². The minimum absolute atomic E-state index is 0.205. The average molecular weight is 400 g/mol. The summed E-state index contributed by atoms with van der Waals surface area (Å²) in [5.74, 6) is 1.15. The van der Waals surface area contributed by atoms with Gasteiger partial charge in [0.2, 0.25) is 0 Å². The van der Waals surface area contributed by atoms with Crippen molar-refractivity contribution in [3.8, 4) is 0 Å². The van der Waals surface area contributed by atoms with Crippen molar-refractivity contribution >= 4 is 22.6 Å². The second-order valence-corrected chi connectivity index (χ2v) is 7.04. The quantitative estimate of drug-likeness (QED) is 0.443. The Bertz CT molecular complexity index is 1140. The van der Waals surface area contributed by atoms with Crippen molar-refractivity contribution in [2.24, 2.45) is 7.05 Å². The summed E-state index contributed by atoms with van der Waals surface area (Å²) in [5.41, 5.74) is 2.67. The zero-order valence-corrected chi connectivity index (χ0v) is 16.9. The molecule has 0 unspecified atom stereocenters. The molecule has 0 atom stereocenters. The fourth-order valence-electron chi connectivity index (χ4n) is 3.33. The van der Waals surface area contributed by atoms with E-state index in [0.717, 1.165) is 36.1 Å². The fourth-order valence-corrected chi connectivity index (χ4v) is 3.33. The highest BCUT2D eigenvalue weighted by Gasteiger charge is 2.12. The van der Waals surface area contributed by atoms with Crippen LogP contribution >= 0.6 is 0 Å². The molecule has 0 saturated carbocycles. The van der Waals surface area contributed by atoms with Gasteiger partial charge in [0.1, 0.15) is 11.5 Å². The number of carbonyl (C=O) groups is 1. The molecule has 4 aromatic rings. The number of aromatic nitrogens is 4. The van der Waals surface area contributed by atoms with Gasteiger partial charge >= 0.3 is 0 Å². The monoisotopic (exact) mass is 400 g/mol. The second kappa shape index (κ2) is 9.17. The highest BCUT2D eigenvalue weighted by molar-refractivity contribution is 5.92. The van der Waals surface area contributed by atoms with Crippen LogP contribution in [0.5, 0.6) is 0 Å². The van der Waals surface area contributed by atoms with Crippen LogP contribution < -0.4 is 10.6 Å². The van der Waals surface area contributed by atoms with Crippen LogP contribution in [0.15, 0.2) is 66.9 Å². The molecule has 4 rings (SSSR count). The molecule has 0 spiro atoms. The number of hydrogen-bond acceptors (Lipinski definition) is 5. The summed E-state index contributed by atoms with van der Waals surface area (Å²) in [6, 6.07) is 20.0. The van der Waals surface area contributed by atoms with Crippen molar-refractivity contribution in [3.63, 3.8) is 0 Å². The van der Waals surface area contributed by atoms with Gasteiger partial charge in [-0.25, -0.2) is 9.97 Å². The maximum absolute atomic E-state index is 12.4. The summed E-state index contributed by atoms with van der Waals surface area (Å²) in [6.45, 7) is 1.05. The van der Waals surface area contributed by atoms with Crippen molar-refractivity contribution in [1.82, 2.24) is 25.1 Å². The second-order valence-electron chi connectivity index (χ2n) is 7.04. The molecule has 0 aliphatic heterocycles. The predicted molar refractivity (Wildman–Crippen MR) is 117 cm³/mol. The van der Waals surface area contributed by atoms with Crippen LogP contribution in [0.25, 0.3) is 10.9 Å². The number of para-hydroxylation sites is 1. The first-order valence-corrected chi connectivity index (χ1v) is 10.0. The lowest BCUT2D eigenvalue weighted by molar-refractivity contribution is 0.0940. The van der Waals surface area contributed by atoms with E-state index in [-0.39, 0.29) is 12.5 Å². The number of nitrogens with one attached hydrogen (secondary N) is 2. The van der Waals surface area contributed by atoms with Gasteiger partial charge in [-0.2, -0.15) is 5.10 Å². The summed E-state index contributed by atoms with van der Waals surface area (Å²) in [7, 11) is 1.74. The lowest BCUT2D eigenvalue weighted by Crippen LogP contribution is -2.26. The Morgan fingerprint density at radius 3 is 2.60 bits per heavy atom. The fraction of sp³-hybridized carbons (Fsp3) is 0.217. The lowest BCUT2D eigenvalue weighted by atomic mass is 10.1. The minimum atomic E-state index is -0.205. The molecular formula is C23H24N6O. The van der Waals surface area contributed by atoms with Gasteiger partial charge in [0.15, 0.2) is 5.82 Å². The first-order valence-electron chi connectivity index (χ1n) is 10.0. The molecular weight excluding hydrogens is 376 g/mol. The van der Waals surface area contributed by atoms with Crippen LogP contribution in [0.2, 0.25) is 0 Å². The summed E-state index contributed by atoms with van der Waals surface area (Å²) >= 11 is 0. The number of fused-ring (bicyclic) bond motifs is 1. The van der Waals surface area contributed by atoms with Crippen molar-refractivity contribution in [1.29, 1.82) is 0 Å². The van der Waals surface area contributed by atoms with E-state index in [4.69, 9.17) is 0 Å². The van der Waals surface area contributed by atoms with Gasteiger partial charge in [-0.15, -0.1) is 0 Å². The standard InChI is InChI=1S/C23H24N6O/c1-29-20(13-15-26-29)23(30)25-16-21-27-19-12-6-5-11-18(19)22(28-21)24-14-7-10-17-8-3-2-4-9-17/h2-6,8-9,11-13,15H,7,10,14,16H2,1H3,(H,25,30)(H,24,27,28). The Hall–Kier alpha value is -3.74. The maximum atomic E-state index is 12.4. The number of carbonyl (C=O) groups excluding carboxylic acids is 1. The molecule has 7 nitrogen and oxygen atoms in total. The van der Waals surface area contributed by atoms with E-state index in [1.54, 1.807) is 19.3 Å². The molecule has 30 heavy (non-hydrogen) atoms. The third-order valence-corrected chi connectivity index (χ3v) is 4.89. The van der Waals surface area contributed by atoms with Crippen molar-refractivity contribution in [2.45, 2.75) is 19.4 Å². The summed E-state index contributed by atoms with van der Waals surface area (Å²) in [6.07, 6.45) is 3.60. The van der Waals surface area contributed by atoms with E-state index in [2.05, 4.69) is 50.0 Å². The Morgan fingerprint density at radius 1 is 1.00 bits per heavy atom. The smallest absolute Gasteiger partial charge is 0.269 e. The predicted octanol–water partition coefficient (Wildman–Crippen LogP) is 3.34. The first kappa shape index (κ1) is 19.6.